The number of aromatic hydroxyl groups is 3. The number of phenols is 1. The minimum Gasteiger partial charge on any atom is -0.506 e. The maximum atomic E-state index is 11.9. The molecule has 2 aromatic rings. The molecule has 0 aliphatic heterocycles. The highest BCUT2D eigenvalue weighted by Gasteiger charge is 2.24. The number of benzene rings is 1. The van der Waals surface area contributed by atoms with Crippen molar-refractivity contribution in [3.63, 3.8) is 0 Å². The van der Waals surface area contributed by atoms with E-state index < -0.39 is 50.6 Å². The lowest BCUT2D eigenvalue weighted by Crippen LogP contribution is -2.15. The van der Waals surface area contributed by atoms with E-state index in [2.05, 4.69) is 9.41 Å². The summed E-state index contributed by atoms with van der Waals surface area (Å²) in [5.74, 6) is -3.14. The first-order valence-electron chi connectivity index (χ1n) is 6.76. The van der Waals surface area contributed by atoms with Crippen molar-refractivity contribution in [1.82, 2.24) is 0 Å². The fourth-order valence-corrected chi connectivity index (χ4v) is 2.13. The smallest absolute Gasteiger partial charge is 0.351 e. The second-order valence-electron chi connectivity index (χ2n) is 4.98. The van der Waals surface area contributed by atoms with Gasteiger partial charge in [0.05, 0.1) is 16.3 Å². The molecule has 0 aliphatic carbocycles. The van der Waals surface area contributed by atoms with Gasteiger partial charge in [-0.15, -0.1) is 0 Å². The Morgan fingerprint density at radius 1 is 1.20 bits per heavy atom. The predicted octanol–water partition coefficient (Wildman–Crippen LogP) is 2.01. The van der Waals surface area contributed by atoms with Crippen LogP contribution in [-0.4, -0.2) is 31.7 Å². The largest absolute Gasteiger partial charge is 0.506 e. The number of nitro groups is 1. The van der Waals surface area contributed by atoms with E-state index in [9.17, 15) is 35.0 Å². The summed E-state index contributed by atoms with van der Waals surface area (Å²) in [6.45, 7) is 2.35. The highest BCUT2D eigenvalue weighted by molar-refractivity contribution is 6.07. The van der Waals surface area contributed by atoms with Crippen molar-refractivity contribution in [1.29, 1.82) is 0 Å². The molecule has 0 amide bonds. The van der Waals surface area contributed by atoms with E-state index in [0.29, 0.717) is 0 Å². The Balaban J connectivity index is 2.64. The summed E-state index contributed by atoms with van der Waals surface area (Å²) in [6, 6.07) is 3.25. The molecule has 0 saturated carbocycles. The van der Waals surface area contributed by atoms with Crippen molar-refractivity contribution >= 4 is 22.9 Å². The third-order valence-electron chi connectivity index (χ3n) is 3.25. The van der Waals surface area contributed by atoms with E-state index in [4.69, 9.17) is 0 Å². The Bertz CT molecular complexity index is 974. The van der Waals surface area contributed by atoms with Crippen molar-refractivity contribution in [3.05, 3.63) is 49.9 Å². The van der Waals surface area contributed by atoms with Gasteiger partial charge in [-0.05, 0) is 26.0 Å². The number of aliphatic imine (C=N–C) groups is 1. The summed E-state index contributed by atoms with van der Waals surface area (Å²) >= 11 is 0. The van der Waals surface area contributed by atoms with Crippen LogP contribution in [0.5, 0.6) is 17.4 Å². The molecule has 1 heterocycles. The summed E-state index contributed by atoms with van der Waals surface area (Å²) in [4.78, 5) is 37.3. The molecule has 130 valence electrons. The fraction of sp³-hybridized carbons (Fsp3) is 0.133. The van der Waals surface area contributed by atoms with E-state index in [1.54, 1.807) is 0 Å². The van der Waals surface area contributed by atoms with E-state index in [1.807, 2.05) is 0 Å². The molecule has 1 aromatic carbocycles. The number of carbonyl (C=O) groups excluding carboxylic acids is 1. The molecule has 0 radical (unpaired) electrons. The molecule has 0 atom stereocenters. The van der Waals surface area contributed by atoms with E-state index in [-0.39, 0.29) is 11.4 Å². The van der Waals surface area contributed by atoms with Gasteiger partial charge in [0.15, 0.2) is 11.5 Å². The average Bonchev–Trinajstić information content (AvgIpc) is 2.47. The third-order valence-corrected chi connectivity index (χ3v) is 3.25. The van der Waals surface area contributed by atoms with Gasteiger partial charge in [0.25, 0.3) is 5.95 Å². The molecular formula is C15H12N2O8. The number of rotatable bonds is 4. The van der Waals surface area contributed by atoms with Crippen LogP contribution in [0.1, 0.15) is 29.8 Å². The second kappa shape index (κ2) is 6.43. The normalized spacial score (nSPS) is 11.4. The number of ketones is 1. The maximum absolute atomic E-state index is 11.9. The molecule has 2 rings (SSSR count). The monoisotopic (exact) mass is 348 g/mol. The van der Waals surface area contributed by atoms with Crippen LogP contribution in [0.4, 0.5) is 11.4 Å². The first-order chi connectivity index (χ1) is 11.6. The molecule has 0 saturated heterocycles. The lowest BCUT2D eigenvalue weighted by molar-refractivity contribution is -0.385. The van der Waals surface area contributed by atoms with Crippen molar-refractivity contribution < 1.29 is 29.5 Å². The highest BCUT2D eigenvalue weighted by atomic mass is 16.6. The standard InChI is InChI=1S/C15H12N2O8/c1-6(16-8-3-4-10(19)9(5-8)17(23)24)11-13(20)12(7(2)18)15(22)25-14(11)21/h3-5,19-20,22H,1-2H3. The third kappa shape index (κ3) is 3.32. The SMILES string of the molecule is CC(=O)c1c(O)oc(=O)c(C(C)=Nc2ccc(O)c([N+](=O)[O-])c2)c1O. The zero-order valence-electron chi connectivity index (χ0n) is 13.0. The molecule has 3 N–H and O–H groups in total. The molecular weight excluding hydrogens is 336 g/mol. The van der Waals surface area contributed by atoms with Gasteiger partial charge >= 0.3 is 11.3 Å². The van der Waals surface area contributed by atoms with Crippen LogP contribution in [0, 0.1) is 10.1 Å². The summed E-state index contributed by atoms with van der Waals surface area (Å²) in [5.41, 5.74) is -2.90. The van der Waals surface area contributed by atoms with Gasteiger partial charge < -0.3 is 19.7 Å². The van der Waals surface area contributed by atoms with Crippen LogP contribution >= 0.6 is 0 Å². The topological polar surface area (TPSA) is 163 Å². The molecule has 1 aromatic heterocycles. The summed E-state index contributed by atoms with van der Waals surface area (Å²) < 4.78 is 4.51. The Kier molecular flexibility index (Phi) is 4.54. The Morgan fingerprint density at radius 2 is 1.84 bits per heavy atom. The van der Waals surface area contributed by atoms with Crippen LogP contribution in [0.2, 0.25) is 0 Å². The average molecular weight is 348 g/mol. The van der Waals surface area contributed by atoms with Crippen LogP contribution < -0.4 is 5.63 Å². The zero-order valence-corrected chi connectivity index (χ0v) is 13.0. The molecule has 0 aliphatic rings. The second-order valence-corrected chi connectivity index (χ2v) is 4.98. The molecule has 0 spiro atoms. The minimum atomic E-state index is -1.14. The molecule has 0 fully saturated rings. The lowest BCUT2D eigenvalue weighted by Gasteiger charge is -2.07. The van der Waals surface area contributed by atoms with Gasteiger partial charge in [-0.3, -0.25) is 19.9 Å². The molecule has 25 heavy (non-hydrogen) atoms. The van der Waals surface area contributed by atoms with E-state index in [0.717, 1.165) is 19.1 Å². The Labute approximate surface area is 139 Å². The van der Waals surface area contributed by atoms with Crippen molar-refractivity contribution in [2.45, 2.75) is 13.8 Å². The lowest BCUT2D eigenvalue weighted by atomic mass is 10.1. The van der Waals surface area contributed by atoms with Crippen molar-refractivity contribution in [2.24, 2.45) is 4.99 Å². The summed E-state index contributed by atoms with van der Waals surface area (Å²) in [6.07, 6.45) is 0. The molecule has 0 unspecified atom stereocenters. The van der Waals surface area contributed by atoms with E-state index >= 15 is 0 Å². The number of carbonyl (C=O) groups is 1. The van der Waals surface area contributed by atoms with Gasteiger partial charge in [-0.25, -0.2) is 4.79 Å². The van der Waals surface area contributed by atoms with Crippen LogP contribution in [0.15, 0.2) is 32.4 Å². The first-order valence-corrected chi connectivity index (χ1v) is 6.76. The van der Waals surface area contributed by atoms with Gasteiger partial charge in [-0.1, -0.05) is 0 Å². The van der Waals surface area contributed by atoms with Gasteiger partial charge in [0.2, 0.25) is 0 Å². The quantitative estimate of drug-likeness (QED) is 0.327. The van der Waals surface area contributed by atoms with Crippen LogP contribution in [-0.2, 0) is 0 Å². The molecule has 10 nitrogen and oxygen atoms in total. The summed E-state index contributed by atoms with van der Waals surface area (Å²) in [5, 5.41) is 39.8. The highest BCUT2D eigenvalue weighted by Crippen LogP contribution is 2.32. The minimum absolute atomic E-state index is 0.0123. The van der Waals surface area contributed by atoms with Crippen LogP contribution in [0.25, 0.3) is 0 Å². The number of hydrogen-bond acceptors (Lipinski definition) is 9. The zero-order chi connectivity index (χ0) is 18.9. The fourth-order valence-electron chi connectivity index (χ4n) is 2.13. The van der Waals surface area contributed by atoms with Gasteiger partial charge in [-0.2, -0.15) is 0 Å². The molecule has 10 heteroatoms. The number of Topliss-reactive ketones (excluding diaryl/α,β-unsaturated/α-hetero) is 1. The first kappa shape index (κ1) is 17.7. The number of hydrogen-bond donors (Lipinski definition) is 3. The van der Waals surface area contributed by atoms with Crippen molar-refractivity contribution in [2.75, 3.05) is 0 Å². The van der Waals surface area contributed by atoms with Crippen molar-refractivity contribution in [3.8, 4) is 17.4 Å². The Morgan fingerprint density at radius 3 is 2.40 bits per heavy atom. The predicted molar refractivity (Wildman–Crippen MR) is 84.9 cm³/mol. The van der Waals surface area contributed by atoms with Gasteiger partial charge in [0.1, 0.15) is 16.9 Å². The summed E-state index contributed by atoms with van der Waals surface area (Å²) in [7, 11) is 0. The van der Waals surface area contributed by atoms with Crippen LogP contribution in [0.3, 0.4) is 0 Å². The number of nitrogens with zero attached hydrogens (tertiary/aromatic N) is 2. The Hall–Kier alpha value is -3.69. The van der Waals surface area contributed by atoms with E-state index in [1.165, 1.54) is 13.0 Å². The van der Waals surface area contributed by atoms with Gasteiger partial charge in [0, 0.05) is 6.07 Å². The number of phenolic OH excluding ortho intramolecular Hbond substituents is 1. The molecule has 0 bridgehead atoms. The number of nitro benzene ring substituents is 1. The maximum Gasteiger partial charge on any atom is 0.351 e.